The molecular weight excluding hydrogens is 516 g/mol. The van der Waals surface area contributed by atoms with E-state index in [1.165, 1.54) is 11.3 Å². The molecule has 0 bridgehead atoms. The fraction of sp³-hybridized carbons (Fsp3) is 0.200. The second kappa shape index (κ2) is 11.8. The number of amides is 1. The van der Waals surface area contributed by atoms with Crippen molar-refractivity contribution in [1.82, 2.24) is 10.2 Å². The van der Waals surface area contributed by atoms with E-state index in [4.69, 9.17) is 28.2 Å². The second-order valence-electron chi connectivity index (χ2n) is 9.33. The van der Waals surface area contributed by atoms with Crippen LogP contribution in [0.25, 0.3) is 11.3 Å². The summed E-state index contributed by atoms with van der Waals surface area (Å²) in [5.41, 5.74) is 5.10. The van der Waals surface area contributed by atoms with Gasteiger partial charge in [0.2, 0.25) is 0 Å². The highest BCUT2D eigenvalue weighted by molar-refractivity contribution is 7.80. The molecule has 1 aliphatic rings. The van der Waals surface area contributed by atoms with Gasteiger partial charge in [0.1, 0.15) is 5.76 Å². The van der Waals surface area contributed by atoms with Gasteiger partial charge in [-0.1, -0.05) is 54.1 Å². The molecule has 1 fully saturated rings. The Morgan fingerprint density at radius 3 is 2.39 bits per heavy atom. The lowest BCUT2D eigenvalue weighted by molar-refractivity contribution is 0.0951. The van der Waals surface area contributed by atoms with Crippen molar-refractivity contribution in [2.45, 2.75) is 13.5 Å². The first-order valence-electron chi connectivity index (χ1n) is 12.5. The number of hydrogen-bond acceptors (Lipinski definition) is 5. The molecule has 1 saturated heterocycles. The standard InChI is InChI=1S/C30H29ClN4O2S/c1-21-7-8-23(19-26(21)31)27-13-14-28(37-27)29(36)33-30(38)32-24-9-11-25(12-10-24)35-17-15-34(16-18-35)20-22-5-3-2-4-6-22/h2-14,19H,15-18,20H2,1H3,(H2,32,33,36,38). The summed E-state index contributed by atoms with van der Waals surface area (Å²) in [7, 11) is 0. The van der Waals surface area contributed by atoms with Crippen LogP contribution in [0.1, 0.15) is 21.7 Å². The van der Waals surface area contributed by atoms with Crippen LogP contribution in [0.3, 0.4) is 0 Å². The Bertz CT molecular complexity index is 1410. The molecule has 3 aromatic carbocycles. The third kappa shape index (κ3) is 6.42. The van der Waals surface area contributed by atoms with Gasteiger partial charge in [-0.2, -0.15) is 0 Å². The minimum absolute atomic E-state index is 0.169. The van der Waals surface area contributed by atoms with Crippen LogP contribution >= 0.6 is 23.8 Å². The highest BCUT2D eigenvalue weighted by Crippen LogP contribution is 2.27. The van der Waals surface area contributed by atoms with E-state index < -0.39 is 5.91 Å². The average molecular weight is 545 g/mol. The first-order chi connectivity index (χ1) is 18.4. The molecule has 194 valence electrons. The van der Waals surface area contributed by atoms with E-state index in [-0.39, 0.29) is 10.9 Å². The molecule has 1 amide bonds. The number of carbonyl (C=O) groups excluding carboxylic acids is 1. The van der Waals surface area contributed by atoms with Crippen molar-refractivity contribution < 1.29 is 9.21 Å². The Balaban J connectivity index is 1.11. The van der Waals surface area contributed by atoms with Crippen LogP contribution < -0.4 is 15.5 Å². The Morgan fingerprint density at radius 1 is 0.947 bits per heavy atom. The summed E-state index contributed by atoms with van der Waals surface area (Å²) >= 11 is 11.6. The highest BCUT2D eigenvalue weighted by atomic mass is 35.5. The summed E-state index contributed by atoms with van der Waals surface area (Å²) in [4.78, 5) is 17.5. The Labute approximate surface area is 233 Å². The molecular formula is C30H29ClN4O2S. The van der Waals surface area contributed by atoms with Crippen LogP contribution in [0.15, 0.2) is 89.3 Å². The predicted octanol–water partition coefficient (Wildman–Crippen LogP) is 6.36. The van der Waals surface area contributed by atoms with Gasteiger partial charge in [0, 0.05) is 54.7 Å². The molecule has 4 aromatic rings. The molecule has 5 rings (SSSR count). The van der Waals surface area contributed by atoms with Crippen LogP contribution in [-0.4, -0.2) is 42.1 Å². The Kier molecular flexibility index (Phi) is 8.08. The Morgan fingerprint density at radius 2 is 1.68 bits per heavy atom. The molecule has 6 nitrogen and oxygen atoms in total. The summed E-state index contributed by atoms with van der Waals surface area (Å²) in [5.74, 6) is 0.312. The number of anilines is 2. The number of rotatable bonds is 6. The number of benzene rings is 3. The molecule has 0 radical (unpaired) electrons. The lowest BCUT2D eigenvalue weighted by Crippen LogP contribution is -2.45. The summed E-state index contributed by atoms with van der Waals surface area (Å²) < 4.78 is 5.73. The zero-order chi connectivity index (χ0) is 26.5. The second-order valence-corrected chi connectivity index (χ2v) is 10.1. The van der Waals surface area contributed by atoms with E-state index in [1.54, 1.807) is 12.1 Å². The first kappa shape index (κ1) is 26.0. The molecule has 38 heavy (non-hydrogen) atoms. The zero-order valence-corrected chi connectivity index (χ0v) is 22.7. The van der Waals surface area contributed by atoms with Gasteiger partial charge in [-0.25, -0.2) is 0 Å². The van der Waals surface area contributed by atoms with Crippen molar-refractivity contribution in [3.05, 3.63) is 107 Å². The summed E-state index contributed by atoms with van der Waals surface area (Å²) in [6.45, 7) is 6.93. The summed E-state index contributed by atoms with van der Waals surface area (Å²) in [5, 5.41) is 6.60. The monoisotopic (exact) mass is 544 g/mol. The van der Waals surface area contributed by atoms with E-state index in [0.29, 0.717) is 10.8 Å². The quantitative estimate of drug-likeness (QED) is 0.276. The minimum Gasteiger partial charge on any atom is -0.451 e. The number of carbonyl (C=O) groups is 1. The van der Waals surface area contributed by atoms with Crippen molar-refractivity contribution in [2.24, 2.45) is 0 Å². The molecule has 8 heteroatoms. The third-order valence-electron chi connectivity index (χ3n) is 6.62. The van der Waals surface area contributed by atoms with Crippen molar-refractivity contribution in [1.29, 1.82) is 0 Å². The summed E-state index contributed by atoms with van der Waals surface area (Å²) in [6, 6.07) is 27.7. The lowest BCUT2D eigenvalue weighted by atomic mass is 10.1. The maximum Gasteiger partial charge on any atom is 0.293 e. The van der Waals surface area contributed by atoms with Gasteiger partial charge in [-0.05, 0) is 72.7 Å². The maximum absolute atomic E-state index is 12.6. The molecule has 0 aliphatic carbocycles. The number of nitrogens with one attached hydrogen (secondary N) is 2. The lowest BCUT2D eigenvalue weighted by Gasteiger charge is -2.36. The SMILES string of the molecule is Cc1ccc(-c2ccc(C(=O)NC(=S)Nc3ccc(N4CCN(Cc5ccccc5)CC4)cc3)o2)cc1Cl. The molecule has 0 unspecified atom stereocenters. The van der Waals surface area contributed by atoms with Gasteiger partial charge in [-0.15, -0.1) is 0 Å². The number of aryl methyl sites for hydroxylation is 1. The van der Waals surface area contributed by atoms with E-state index in [9.17, 15) is 4.79 Å². The van der Waals surface area contributed by atoms with E-state index in [1.807, 2.05) is 37.3 Å². The third-order valence-corrected chi connectivity index (χ3v) is 7.24. The molecule has 0 atom stereocenters. The topological polar surface area (TPSA) is 60.8 Å². The molecule has 1 aromatic heterocycles. The number of nitrogens with zero attached hydrogens (tertiary/aromatic N) is 2. The van der Waals surface area contributed by atoms with Gasteiger partial charge in [0.05, 0.1) is 0 Å². The predicted molar refractivity (Wildman–Crippen MR) is 158 cm³/mol. The van der Waals surface area contributed by atoms with Crippen LogP contribution in [-0.2, 0) is 6.54 Å². The maximum atomic E-state index is 12.6. The molecule has 2 heterocycles. The smallest absolute Gasteiger partial charge is 0.293 e. The normalized spacial score (nSPS) is 13.8. The highest BCUT2D eigenvalue weighted by Gasteiger charge is 2.18. The van der Waals surface area contributed by atoms with Crippen LogP contribution in [0, 0.1) is 6.92 Å². The number of hydrogen-bond donors (Lipinski definition) is 2. The minimum atomic E-state index is -0.419. The molecule has 0 saturated carbocycles. The van der Waals surface area contributed by atoms with E-state index in [2.05, 4.69) is 62.9 Å². The van der Waals surface area contributed by atoms with E-state index >= 15 is 0 Å². The zero-order valence-electron chi connectivity index (χ0n) is 21.1. The molecule has 1 aliphatic heterocycles. The van der Waals surface area contributed by atoms with Gasteiger partial charge >= 0.3 is 0 Å². The fourth-order valence-corrected chi connectivity index (χ4v) is 4.84. The molecule has 0 spiro atoms. The van der Waals surface area contributed by atoms with Gasteiger partial charge in [0.15, 0.2) is 10.9 Å². The van der Waals surface area contributed by atoms with Crippen LogP contribution in [0.2, 0.25) is 5.02 Å². The van der Waals surface area contributed by atoms with Crippen LogP contribution in [0.5, 0.6) is 0 Å². The number of thiocarbonyl (C=S) groups is 1. The number of piperazine rings is 1. The average Bonchev–Trinajstić information content (AvgIpc) is 3.42. The van der Waals surface area contributed by atoms with Gasteiger partial charge < -0.3 is 14.6 Å². The van der Waals surface area contributed by atoms with Crippen molar-refractivity contribution in [3.8, 4) is 11.3 Å². The van der Waals surface area contributed by atoms with Crippen molar-refractivity contribution in [2.75, 3.05) is 36.4 Å². The van der Waals surface area contributed by atoms with Crippen molar-refractivity contribution >= 4 is 46.2 Å². The Hall–Kier alpha value is -3.65. The first-order valence-corrected chi connectivity index (χ1v) is 13.3. The van der Waals surface area contributed by atoms with Gasteiger partial charge in [-0.3, -0.25) is 15.0 Å². The van der Waals surface area contributed by atoms with E-state index in [0.717, 1.165) is 49.5 Å². The number of halogens is 1. The summed E-state index contributed by atoms with van der Waals surface area (Å²) in [6.07, 6.45) is 0. The van der Waals surface area contributed by atoms with Gasteiger partial charge in [0.25, 0.3) is 5.91 Å². The largest absolute Gasteiger partial charge is 0.451 e. The van der Waals surface area contributed by atoms with Crippen LogP contribution in [0.4, 0.5) is 11.4 Å². The number of furan rings is 1. The fourth-order valence-electron chi connectivity index (χ4n) is 4.45. The molecule has 2 N–H and O–H groups in total. The van der Waals surface area contributed by atoms with Crippen molar-refractivity contribution in [3.63, 3.8) is 0 Å².